The molecule has 2 saturated heterocycles. The molecule has 2 aromatic carbocycles. The quantitative estimate of drug-likeness (QED) is 0.579. The Morgan fingerprint density at radius 3 is 2.47 bits per heavy atom. The lowest BCUT2D eigenvalue weighted by molar-refractivity contribution is -0.136. The Bertz CT molecular complexity index is 1110. The summed E-state index contributed by atoms with van der Waals surface area (Å²) < 4.78 is 1.06. The van der Waals surface area contributed by atoms with Gasteiger partial charge in [-0.15, -0.1) is 0 Å². The van der Waals surface area contributed by atoms with Crippen LogP contribution in [0.3, 0.4) is 0 Å². The Kier molecular flexibility index (Phi) is 6.42. The number of nitrogens with zero attached hydrogens (tertiary/aromatic N) is 3. The van der Waals surface area contributed by atoms with Crippen LogP contribution in [0.1, 0.15) is 40.4 Å². The maximum atomic E-state index is 12.9. The Hall–Kier alpha value is -2.75. The molecule has 2 fully saturated rings. The van der Waals surface area contributed by atoms with Crippen LogP contribution in [0.5, 0.6) is 0 Å². The number of piperidine rings is 1. The van der Waals surface area contributed by atoms with Gasteiger partial charge >= 0.3 is 0 Å². The third kappa shape index (κ3) is 4.60. The van der Waals surface area contributed by atoms with Crippen molar-refractivity contribution in [1.82, 2.24) is 15.1 Å². The Labute approximate surface area is 206 Å². The van der Waals surface area contributed by atoms with Crippen molar-refractivity contribution < 1.29 is 19.5 Å². The molecule has 2 N–H and O–H groups in total. The van der Waals surface area contributed by atoms with Crippen molar-refractivity contribution in [2.45, 2.75) is 31.5 Å². The zero-order valence-corrected chi connectivity index (χ0v) is 20.3. The highest BCUT2D eigenvalue weighted by atomic mass is 79.9. The van der Waals surface area contributed by atoms with E-state index in [0.717, 1.165) is 41.8 Å². The van der Waals surface area contributed by atoms with E-state index in [-0.39, 0.29) is 18.2 Å². The predicted molar refractivity (Wildman–Crippen MR) is 130 cm³/mol. The fourth-order valence-electron chi connectivity index (χ4n) is 4.99. The van der Waals surface area contributed by atoms with Crippen molar-refractivity contribution in [3.05, 3.63) is 63.6 Å². The zero-order valence-electron chi connectivity index (χ0n) is 18.7. The number of amides is 3. The van der Waals surface area contributed by atoms with Gasteiger partial charge in [0.1, 0.15) is 6.04 Å². The summed E-state index contributed by atoms with van der Waals surface area (Å²) >= 11 is 3.47. The van der Waals surface area contributed by atoms with Crippen LogP contribution in [0.4, 0.5) is 5.69 Å². The van der Waals surface area contributed by atoms with Gasteiger partial charge < -0.3 is 14.9 Å². The molecular formula is C25H27BrN4O4. The number of imide groups is 1. The lowest BCUT2D eigenvalue weighted by Crippen LogP contribution is -2.52. The van der Waals surface area contributed by atoms with Crippen LogP contribution in [0.15, 0.2) is 46.9 Å². The van der Waals surface area contributed by atoms with Crippen LogP contribution in [-0.4, -0.2) is 71.4 Å². The van der Waals surface area contributed by atoms with Gasteiger partial charge in [-0.25, -0.2) is 0 Å². The fourth-order valence-corrected chi connectivity index (χ4v) is 5.26. The molecule has 3 aliphatic rings. The van der Waals surface area contributed by atoms with Crippen molar-refractivity contribution in [2.75, 3.05) is 37.6 Å². The molecule has 0 aliphatic carbocycles. The molecule has 0 radical (unpaired) electrons. The molecule has 8 nitrogen and oxygen atoms in total. The number of piperazine rings is 1. The molecule has 2 aromatic rings. The number of benzene rings is 2. The molecule has 0 bridgehead atoms. The Morgan fingerprint density at radius 1 is 1.03 bits per heavy atom. The summed E-state index contributed by atoms with van der Waals surface area (Å²) in [5.74, 6) is -0.914. The third-order valence-corrected chi connectivity index (χ3v) is 7.46. The number of aliphatic hydroxyl groups excluding tert-OH is 1. The minimum atomic E-state index is -0.663. The first-order chi connectivity index (χ1) is 16.4. The smallest absolute Gasteiger partial charge is 0.255 e. The van der Waals surface area contributed by atoms with Crippen LogP contribution in [0.2, 0.25) is 0 Å². The highest BCUT2D eigenvalue weighted by molar-refractivity contribution is 9.10. The maximum absolute atomic E-state index is 12.9. The summed E-state index contributed by atoms with van der Waals surface area (Å²) in [6.07, 6.45) is -0.0916. The monoisotopic (exact) mass is 526 g/mol. The number of nitrogens with one attached hydrogen (secondary N) is 1. The van der Waals surface area contributed by atoms with Crippen molar-refractivity contribution in [3.8, 4) is 0 Å². The second kappa shape index (κ2) is 9.48. The standard InChI is InChI=1S/C25H27BrN4O4/c26-18-2-4-19(5-3-18)29-11-9-28(10-12-29)15-22(31)16-1-6-20-17(13-16)14-30(25(20)34)21-7-8-23(32)27-24(21)33/h1-6,13,21-22,31H,7-12,14-15H2,(H,27,32,33)/t21?,22-/m0/s1. The molecular weight excluding hydrogens is 500 g/mol. The van der Waals surface area contributed by atoms with E-state index in [1.807, 2.05) is 18.2 Å². The van der Waals surface area contributed by atoms with Crippen LogP contribution in [0.25, 0.3) is 0 Å². The second-order valence-electron chi connectivity index (χ2n) is 9.10. The predicted octanol–water partition coefficient (Wildman–Crippen LogP) is 2.07. The number of halogens is 1. The van der Waals surface area contributed by atoms with E-state index in [9.17, 15) is 19.5 Å². The van der Waals surface area contributed by atoms with Gasteiger partial charge in [0, 0.05) is 61.4 Å². The van der Waals surface area contributed by atoms with Crippen LogP contribution < -0.4 is 10.2 Å². The number of β-amino-alcohol motifs (C(OH)–C–C–N with tert-alkyl or cyclic N) is 1. The summed E-state index contributed by atoms with van der Waals surface area (Å²) in [4.78, 5) is 42.7. The molecule has 3 aliphatic heterocycles. The highest BCUT2D eigenvalue weighted by Crippen LogP contribution is 2.30. The van der Waals surface area contributed by atoms with Crippen LogP contribution >= 0.6 is 15.9 Å². The lowest BCUT2D eigenvalue weighted by Gasteiger charge is -2.37. The minimum Gasteiger partial charge on any atom is -0.387 e. The fraction of sp³-hybridized carbons (Fsp3) is 0.400. The molecule has 1 unspecified atom stereocenters. The maximum Gasteiger partial charge on any atom is 0.255 e. The molecule has 5 rings (SSSR count). The van der Waals surface area contributed by atoms with Gasteiger partial charge in [-0.1, -0.05) is 28.1 Å². The summed E-state index contributed by atoms with van der Waals surface area (Å²) in [5.41, 5.74) is 3.34. The van der Waals surface area contributed by atoms with Gasteiger partial charge in [0.25, 0.3) is 5.91 Å². The van der Waals surface area contributed by atoms with Gasteiger partial charge in [0.2, 0.25) is 11.8 Å². The molecule has 3 amide bonds. The molecule has 34 heavy (non-hydrogen) atoms. The number of carbonyl (C=O) groups is 3. The first-order valence-electron chi connectivity index (χ1n) is 11.6. The van der Waals surface area contributed by atoms with E-state index in [2.05, 4.69) is 43.2 Å². The SMILES string of the molecule is O=C1CCC(N2Cc3cc([C@@H](O)CN4CCN(c5ccc(Br)cc5)CC4)ccc3C2=O)C(=O)N1. The number of rotatable bonds is 5. The van der Waals surface area contributed by atoms with Crippen molar-refractivity contribution >= 4 is 39.3 Å². The molecule has 2 atom stereocenters. The van der Waals surface area contributed by atoms with Gasteiger partial charge in [0.15, 0.2) is 0 Å². The average molecular weight is 527 g/mol. The zero-order chi connectivity index (χ0) is 23.8. The third-order valence-electron chi connectivity index (χ3n) is 6.93. The number of aliphatic hydroxyl groups is 1. The van der Waals surface area contributed by atoms with Crippen molar-refractivity contribution in [3.63, 3.8) is 0 Å². The topological polar surface area (TPSA) is 93.2 Å². The number of fused-ring (bicyclic) bond motifs is 1. The van der Waals surface area contributed by atoms with E-state index in [4.69, 9.17) is 0 Å². The van der Waals surface area contributed by atoms with E-state index in [0.29, 0.717) is 25.1 Å². The largest absolute Gasteiger partial charge is 0.387 e. The van der Waals surface area contributed by atoms with Gasteiger partial charge in [0.05, 0.1) is 6.10 Å². The molecule has 0 aromatic heterocycles. The van der Waals surface area contributed by atoms with Crippen molar-refractivity contribution in [2.24, 2.45) is 0 Å². The molecule has 0 saturated carbocycles. The Balaban J connectivity index is 1.19. The van der Waals surface area contributed by atoms with E-state index in [1.165, 1.54) is 10.6 Å². The molecule has 178 valence electrons. The highest BCUT2D eigenvalue weighted by Gasteiger charge is 2.39. The first kappa shape index (κ1) is 23.0. The van der Waals surface area contributed by atoms with E-state index < -0.39 is 18.1 Å². The summed E-state index contributed by atoms with van der Waals surface area (Å²) in [7, 11) is 0. The molecule has 0 spiro atoms. The van der Waals surface area contributed by atoms with E-state index >= 15 is 0 Å². The van der Waals surface area contributed by atoms with Crippen molar-refractivity contribution in [1.29, 1.82) is 0 Å². The lowest BCUT2D eigenvalue weighted by atomic mass is 10.0. The summed E-state index contributed by atoms with van der Waals surface area (Å²) in [6.45, 7) is 4.35. The van der Waals surface area contributed by atoms with E-state index in [1.54, 1.807) is 12.1 Å². The van der Waals surface area contributed by atoms with Gasteiger partial charge in [-0.05, 0) is 47.9 Å². The first-order valence-corrected chi connectivity index (χ1v) is 12.4. The molecule has 3 heterocycles. The number of hydrogen-bond acceptors (Lipinski definition) is 6. The average Bonchev–Trinajstić information content (AvgIpc) is 3.15. The summed E-state index contributed by atoms with van der Waals surface area (Å²) in [5, 5.41) is 13.2. The minimum absolute atomic E-state index is 0.199. The van der Waals surface area contributed by atoms with Crippen LogP contribution in [-0.2, 0) is 16.1 Å². The normalized spacial score (nSPS) is 22.1. The van der Waals surface area contributed by atoms with Crippen LogP contribution in [0, 0.1) is 0 Å². The summed E-state index contributed by atoms with van der Waals surface area (Å²) in [6, 6.07) is 13.1. The second-order valence-corrected chi connectivity index (χ2v) is 10.0. The number of hydrogen-bond donors (Lipinski definition) is 2. The number of anilines is 1. The Morgan fingerprint density at radius 2 is 1.76 bits per heavy atom. The number of carbonyl (C=O) groups excluding carboxylic acids is 3. The molecule has 9 heteroatoms. The van der Waals surface area contributed by atoms with Gasteiger partial charge in [-0.2, -0.15) is 0 Å². The van der Waals surface area contributed by atoms with Gasteiger partial charge in [-0.3, -0.25) is 24.6 Å².